The van der Waals surface area contributed by atoms with E-state index in [1.165, 1.54) is 6.07 Å². The van der Waals surface area contributed by atoms with Crippen molar-refractivity contribution < 1.29 is 13.6 Å². The number of aromatic nitrogens is 5. The summed E-state index contributed by atoms with van der Waals surface area (Å²) in [5.41, 5.74) is 2.12. The third kappa shape index (κ3) is 4.93. The molecule has 0 unspecified atom stereocenters. The maximum absolute atomic E-state index is 15.0. The minimum Gasteiger partial charge on any atom is -0.337 e. The summed E-state index contributed by atoms with van der Waals surface area (Å²) < 4.78 is 31.7. The monoisotopic (exact) mass is 520 g/mol. The van der Waals surface area contributed by atoms with Gasteiger partial charge in [-0.3, -0.25) is 4.79 Å². The molecule has 1 aliphatic heterocycles. The second-order valence-electron chi connectivity index (χ2n) is 9.69. The zero-order valence-electron chi connectivity index (χ0n) is 21.8. The van der Waals surface area contributed by atoms with Crippen molar-refractivity contribution in [3.8, 4) is 11.3 Å². The maximum Gasteiger partial charge on any atom is 0.255 e. The topological polar surface area (TPSA) is 101 Å². The van der Waals surface area contributed by atoms with E-state index in [9.17, 15) is 13.6 Å². The van der Waals surface area contributed by atoms with Crippen LogP contribution in [0.15, 0.2) is 30.5 Å². The van der Waals surface area contributed by atoms with Gasteiger partial charge < -0.3 is 20.1 Å². The Labute approximate surface area is 219 Å². The molecule has 0 radical (unpaired) electrons. The molecule has 0 saturated carbocycles. The van der Waals surface area contributed by atoms with Crippen LogP contribution < -0.4 is 10.6 Å². The van der Waals surface area contributed by atoms with Crippen LogP contribution in [0, 0.1) is 25.5 Å². The summed E-state index contributed by atoms with van der Waals surface area (Å²) in [6.45, 7) is 10.5. The fourth-order valence-corrected chi connectivity index (χ4v) is 4.88. The Kier molecular flexibility index (Phi) is 7.02. The first-order chi connectivity index (χ1) is 18.2. The molecule has 1 aromatic carbocycles. The molecular formula is C27H30F2N8O. The van der Waals surface area contributed by atoms with Crippen molar-refractivity contribution in [3.63, 3.8) is 0 Å². The molecule has 4 heterocycles. The number of hydrogen-bond acceptors (Lipinski definition) is 7. The van der Waals surface area contributed by atoms with Crippen molar-refractivity contribution in [3.05, 3.63) is 59.2 Å². The van der Waals surface area contributed by atoms with Crippen LogP contribution in [0.1, 0.15) is 48.2 Å². The molecule has 38 heavy (non-hydrogen) atoms. The molecule has 198 valence electrons. The summed E-state index contributed by atoms with van der Waals surface area (Å²) in [4.78, 5) is 32.0. The Bertz CT molecular complexity index is 1510. The van der Waals surface area contributed by atoms with Gasteiger partial charge in [0.15, 0.2) is 11.6 Å². The number of hydrogen-bond donors (Lipinski definition) is 2. The quantitative estimate of drug-likeness (QED) is 0.398. The second-order valence-corrected chi connectivity index (χ2v) is 9.69. The Morgan fingerprint density at radius 2 is 1.87 bits per heavy atom. The minimum absolute atomic E-state index is 0.0438. The SMILES string of the molecule is Cc1nc(Nc2ncc(F)c(-c3cc(F)c4nc(C)n(C(C)C)c4c3)n2)ccc1C(=O)N1CCCNCC1. The summed E-state index contributed by atoms with van der Waals surface area (Å²) in [5.74, 6) is -0.112. The highest BCUT2D eigenvalue weighted by atomic mass is 19.1. The minimum atomic E-state index is -0.682. The fourth-order valence-electron chi connectivity index (χ4n) is 4.88. The third-order valence-electron chi connectivity index (χ3n) is 6.64. The van der Waals surface area contributed by atoms with Crippen LogP contribution in [0.25, 0.3) is 22.3 Å². The van der Waals surface area contributed by atoms with Gasteiger partial charge in [-0.15, -0.1) is 0 Å². The van der Waals surface area contributed by atoms with Crippen LogP contribution in [0.2, 0.25) is 0 Å². The zero-order valence-corrected chi connectivity index (χ0v) is 21.8. The third-order valence-corrected chi connectivity index (χ3v) is 6.64. The van der Waals surface area contributed by atoms with E-state index >= 15 is 0 Å². The first kappa shape index (κ1) is 25.7. The number of aryl methyl sites for hydroxylation is 2. The van der Waals surface area contributed by atoms with E-state index in [1.807, 2.05) is 30.2 Å². The van der Waals surface area contributed by atoms with Crippen LogP contribution in [-0.4, -0.2) is 61.5 Å². The number of imidazole rings is 1. The fraction of sp³-hybridized carbons (Fsp3) is 0.370. The van der Waals surface area contributed by atoms with E-state index in [1.54, 1.807) is 25.1 Å². The van der Waals surface area contributed by atoms with Gasteiger partial charge in [0.1, 0.15) is 22.9 Å². The van der Waals surface area contributed by atoms with Gasteiger partial charge >= 0.3 is 0 Å². The Morgan fingerprint density at radius 3 is 2.63 bits per heavy atom. The number of carbonyl (C=O) groups is 1. The number of benzene rings is 1. The first-order valence-corrected chi connectivity index (χ1v) is 12.7. The Balaban J connectivity index is 1.43. The summed E-state index contributed by atoms with van der Waals surface area (Å²) in [7, 11) is 0. The van der Waals surface area contributed by atoms with Gasteiger partial charge in [0.05, 0.1) is 23.0 Å². The molecule has 11 heteroatoms. The number of amides is 1. The highest BCUT2D eigenvalue weighted by Gasteiger charge is 2.21. The number of carbonyl (C=O) groups excluding carboxylic acids is 1. The summed E-state index contributed by atoms with van der Waals surface area (Å²) in [5, 5.41) is 6.27. The highest BCUT2D eigenvalue weighted by molar-refractivity contribution is 5.95. The molecule has 0 aliphatic carbocycles. The van der Waals surface area contributed by atoms with Crippen LogP contribution >= 0.6 is 0 Å². The molecule has 0 atom stereocenters. The van der Waals surface area contributed by atoms with Gasteiger partial charge in [-0.25, -0.2) is 28.7 Å². The van der Waals surface area contributed by atoms with Crippen molar-refractivity contribution in [2.24, 2.45) is 0 Å². The number of nitrogens with one attached hydrogen (secondary N) is 2. The van der Waals surface area contributed by atoms with Gasteiger partial charge in [0.25, 0.3) is 5.91 Å². The van der Waals surface area contributed by atoms with Crippen molar-refractivity contribution in [2.45, 2.75) is 40.2 Å². The normalized spacial score (nSPS) is 14.2. The molecule has 2 N–H and O–H groups in total. The molecule has 0 bridgehead atoms. The second kappa shape index (κ2) is 10.4. The molecule has 9 nitrogen and oxygen atoms in total. The number of anilines is 2. The molecule has 1 amide bonds. The van der Waals surface area contributed by atoms with E-state index in [0.717, 1.165) is 25.7 Å². The molecule has 1 saturated heterocycles. The summed E-state index contributed by atoms with van der Waals surface area (Å²) in [6.07, 6.45) is 1.94. The average Bonchev–Trinajstić information content (AvgIpc) is 3.03. The van der Waals surface area contributed by atoms with Gasteiger partial charge in [-0.2, -0.15) is 0 Å². The van der Waals surface area contributed by atoms with Gasteiger partial charge in [0, 0.05) is 31.2 Å². The van der Waals surface area contributed by atoms with Crippen molar-refractivity contribution in [1.29, 1.82) is 0 Å². The lowest BCUT2D eigenvalue weighted by molar-refractivity contribution is 0.0765. The number of rotatable bonds is 5. The molecule has 0 spiro atoms. The summed E-state index contributed by atoms with van der Waals surface area (Å²) >= 11 is 0. The van der Waals surface area contributed by atoms with Gasteiger partial charge in [0.2, 0.25) is 5.95 Å². The van der Waals surface area contributed by atoms with Crippen LogP contribution in [0.5, 0.6) is 0 Å². The van der Waals surface area contributed by atoms with Crippen molar-refractivity contribution in [2.75, 3.05) is 31.5 Å². The number of pyridine rings is 1. The predicted octanol–water partition coefficient (Wildman–Crippen LogP) is 4.54. The lowest BCUT2D eigenvalue weighted by atomic mass is 10.1. The molecular weight excluding hydrogens is 490 g/mol. The summed E-state index contributed by atoms with van der Waals surface area (Å²) in [6, 6.07) is 6.35. The lowest BCUT2D eigenvalue weighted by Crippen LogP contribution is -2.34. The smallest absolute Gasteiger partial charge is 0.255 e. The number of nitrogens with zero attached hydrogens (tertiary/aromatic N) is 6. The van der Waals surface area contributed by atoms with E-state index < -0.39 is 11.6 Å². The number of fused-ring (bicyclic) bond motifs is 1. The van der Waals surface area contributed by atoms with Crippen LogP contribution in [-0.2, 0) is 0 Å². The Morgan fingerprint density at radius 1 is 1.05 bits per heavy atom. The first-order valence-electron chi connectivity index (χ1n) is 12.7. The van der Waals surface area contributed by atoms with E-state index in [4.69, 9.17) is 0 Å². The lowest BCUT2D eigenvalue weighted by Gasteiger charge is -2.21. The zero-order chi connectivity index (χ0) is 27.0. The van der Waals surface area contributed by atoms with E-state index in [-0.39, 0.29) is 34.7 Å². The van der Waals surface area contributed by atoms with Gasteiger partial charge in [-0.05, 0) is 64.9 Å². The molecule has 1 fully saturated rings. The Hall–Kier alpha value is -3.99. The highest BCUT2D eigenvalue weighted by Crippen LogP contribution is 2.30. The van der Waals surface area contributed by atoms with E-state index in [2.05, 4.69) is 30.6 Å². The van der Waals surface area contributed by atoms with Crippen molar-refractivity contribution >= 4 is 28.7 Å². The van der Waals surface area contributed by atoms with Crippen molar-refractivity contribution in [1.82, 2.24) is 34.7 Å². The van der Waals surface area contributed by atoms with Crippen LogP contribution in [0.4, 0.5) is 20.5 Å². The average molecular weight is 521 g/mol. The molecule has 1 aliphatic rings. The molecule has 3 aromatic heterocycles. The molecule has 4 aromatic rings. The molecule has 5 rings (SSSR count). The van der Waals surface area contributed by atoms with Crippen LogP contribution in [0.3, 0.4) is 0 Å². The standard InChI is InChI=1S/C27H30F2N8O/c1-15(2)37-17(4)33-25-20(28)12-18(13-22(25)37)24-21(29)14-31-27(35-24)34-23-7-6-19(16(3)32-23)26(38)36-10-5-8-30-9-11-36/h6-7,12-15,30H,5,8-11H2,1-4H3,(H,31,32,34,35). The largest absolute Gasteiger partial charge is 0.337 e. The van der Waals surface area contributed by atoms with E-state index in [0.29, 0.717) is 41.5 Å². The number of halogens is 2. The predicted molar refractivity (Wildman–Crippen MR) is 141 cm³/mol. The maximum atomic E-state index is 15.0. The van der Waals surface area contributed by atoms with Gasteiger partial charge in [-0.1, -0.05) is 0 Å².